The predicted molar refractivity (Wildman–Crippen MR) is 72.9 cm³/mol. The van der Waals surface area contributed by atoms with Crippen LogP contribution in [0.25, 0.3) is 0 Å². The normalized spacial score (nSPS) is 27.2. The van der Waals surface area contributed by atoms with Gasteiger partial charge in [-0.25, -0.2) is 13.6 Å². The van der Waals surface area contributed by atoms with Crippen LogP contribution in [0.3, 0.4) is 0 Å². The fourth-order valence-corrected chi connectivity index (χ4v) is 4.03. The maximum atomic E-state index is 12.0. The third-order valence-electron chi connectivity index (χ3n) is 4.15. The van der Waals surface area contributed by atoms with E-state index < -0.39 is 10.0 Å². The molecule has 2 aliphatic rings. The Morgan fingerprint density at radius 3 is 2.47 bits per heavy atom. The van der Waals surface area contributed by atoms with Gasteiger partial charge in [-0.1, -0.05) is 6.92 Å². The molecule has 2 N–H and O–H groups in total. The first-order valence-corrected chi connectivity index (χ1v) is 8.63. The van der Waals surface area contributed by atoms with Gasteiger partial charge in [0.05, 0.1) is 5.75 Å². The summed E-state index contributed by atoms with van der Waals surface area (Å²) in [7, 11) is -3.48. The molecule has 110 valence electrons. The summed E-state index contributed by atoms with van der Waals surface area (Å²) in [5.74, 6) is -0.126. The molecule has 1 atom stereocenters. The Morgan fingerprint density at radius 1 is 1.32 bits per heavy atom. The number of likely N-dealkylation sites (tertiary alicyclic amines) is 2. The van der Waals surface area contributed by atoms with Gasteiger partial charge < -0.3 is 9.80 Å². The third kappa shape index (κ3) is 3.90. The summed E-state index contributed by atoms with van der Waals surface area (Å²) in [5, 5.41) is 5.06. The van der Waals surface area contributed by atoms with E-state index >= 15 is 0 Å². The minimum atomic E-state index is -3.48. The van der Waals surface area contributed by atoms with Crippen molar-refractivity contribution in [2.24, 2.45) is 11.1 Å². The van der Waals surface area contributed by atoms with Crippen molar-refractivity contribution in [1.82, 2.24) is 9.80 Å². The summed E-state index contributed by atoms with van der Waals surface area (Å²) in [4.78, 5) is 16.2. The van der Waals surface area contributed by atoms with Gasteiger partial charge in [-0.2, -0.15) is 0 Å². The molecule has 1 unspecified atom stereocenters. The van der Waals surface area contributed by atoms with E-state index in [2.05, 4.69) is 11.8 Å². The van der Waals surface area contributed by atoms with Crippen LogP contribution in [0.1, 0.15) is 26.2 Å². The molecule has 7 heteroatoms. The quantitative estimate of drug-likeness (QED) is 0.764. The van der Waals surface area contributed by atoms with Crippen molar-refractivity contribution in [2.45, 2.75) is 32.2 Å². The summed E-state index contributed by atoms with van der Waals surface area (Å²) in [5.41, 5.74) is 0. The molecule has 0 spiro atoms. The average Bonchev–Trinajstić information content (AvgIpc) is 2.68. The Bertz CT molecular complexity index is 430. The fourth-order valence-electron chi connectivity index (χ4n) is 3.15. The van der Waals surface area contributed by atoms with Crippen molar-refractivity contribution in [3.8, 4) is 0 Å². The van der Waals surface area contributed by atoms with Crippen LogP contribution in [-0.2, 0) is 14.8 Å². The number of piperidine rings is 1. The molecule has 2 aliphatic heterocycles. The van der Waals surface area contributed by atoms with E-state index in [1.807, 2.05) is 4.90 Å². The molecule has 2 saturated heterocycles. The highest BCUT2D eigenvalue weighted by molar-refractivity contribution is 7.89. The van der Waals surface area contributed by atoms with Crippen LogP contribution in [-0.4, -0.2) is 62.1 Å². The molecule has 0 aromatic rings. The minimum Gasteiger partial charge on any atom is -0.339 e. The van der Waals surface area contributed by atoms with Crippen LogP contribution >= 0.6 is 0 Å². The molecule has 0 saturated carbocycles. The lowest BCUT2D eigenvalue weighted by atomic mass is 10.0. The monoisotopic (exact) mass is 289 g/mol. The summed E-state index contributed by atoms with van der Waals surface area (Å²) in [6.45, 7) is 5.78. The fraction of sp³-hybridized carbons (Fsp3) is 0.917. The van der Waals surface area contributed by atoms with Crippen LogP contribution in [0.2, 0.25) is 0 Å². The van der Waals surface area contributed by atoms with Crippen molar-refractivity contribution >= 4 is 15.9 Å². The van der Waals surface area contributed by atoms with Gasteiger partial charge in [0.2, 0.25) is 15.9 Å². The molecule has 0 bridgehead atoms. The lowest BCUT2D eigenvalue weighted by Gasteiger charge is -2.36. The van der Waals surface area contributed by atoms with E-state index in [0.29, 0.717) is 13.0 Å². The van der Waals surface area contributed by atoms with Gasteiger partial charge in [-0.05, 0) is 19.4 Å². The largest absolute Gasteiger partial charge is 0.339 e. The molecule has 2 heterocycles. The summed E-state index contributed by atoms with van der Waals surface area (Å²) in [6, 6.07) is 0.278. The van der Waals surface area contributed by atoms with E-state index in [1.54, 1.807) is 0 Å². The van der Waals surface area contributed by atoms with Crippen molar-refractivity contribution in [3.05, 3.63) is 0 Å². The average molecular weight is 289 g/mol. The molecule has 0 aromatic heterocycles. The Labute approximate surface area is 115 Å². The number of nitrogens with zero attached hydrogens (tertiary/aromatic N) is 2. The highest BCUT2D eigenvalue weighted by Gasteiger charge is 2.36. The first kappa shape index (κ1) is 14.7. The Hall–Kier alpha value is -0.660. The van der Waals surface area contributed by atoms with E-state index in [1.165, 1.54) is 0 Å². The van der Waals surface area contributed by atoms with Gasteiger partial charge in [0.1, 0.15) is 0 Å². The number of carbonyl (C=O) groups is 1. The molecule has 2 rings (SSSR count). The zero-order valence-electron chi connectivity index (χ0n) is 11.4. The highest BCUT2D eigenvalue weighted by atomic mass is 32.2. The van der Waals surface area contributed by atoms with Gasteiger partial charge >= 0.3 is 0 Å². The number of primary sulfonamides is 1. The predicted octanol–water partition coefficient (Wildman–Crippen LogP) is -0.392. The zero-order chi connectivity index (χ0) is 14.0. The Morgan fingerprint density at radius 2 is 1.95 bits per heavy atom. The number of rotatable bonds is 4. The second-order valence-electron chi connectivity index (χ2n) is 5.61. The molecule has 6 nitrogen and oxygen atoms in total. The lowest BCUT2D eigenvalue weighted by Crippen LogP contribution is -2.45. The number of amides is 1. The van der Waals surface area contributed by atoms with Crippen LogP contribution in [0.4, 0.5) is 0 Å². The molecular weight excluding hydrogens is 266 g/mol. The van der Waals surface area contributed by atoms with E-state index in [4.69, 9.17) is 5.14 Å². The van der Waals surface area contributed by atoms with E-state index in [-0.39, 0.29) is 23.6 Å². The van der Waals surface area contributed by atoms with Crippen molar-refractivity contribution in [1.29, 1.82) is 0 Å². The van der Waals surface area contributed by atoms with Crippen molar-refractivity contribution in [3.63, 3.8) is 0 Å². The standard InChI is InChI=1S/C12H23N3O3S/c1-2-14-5-3-11(4-6-14)15-8-10(7-12(15)16)9-19(13,17)18/h10-11H,2-9H2,1H3,(H2,13,17,18). The lowest BCUT2D eigenvalue weighted by molar-refractivity contribution is -0.130. The number of hydrogen-bond acceptors (Lipinski definition) is 4. The van der Waals surface area contributed by atoms with Gasteiger partial charge in [0.15, 0.2) is 0 Å². The SMILES string of the molecule is CCN1CCC(N2CC(CS(N)(=O)=O)CC2=O)CC1. The molecule has 0 radical (unpaired) electrons. The second kappa shape index (κ2) is 5.76. The number of carbonyl (C=O) groups excluding carboxylic acids is 1. The molecule has 19 heavy (non-hydrogen) atoms. The molecular formula is C12H23N3O3S. The van der Waals surface area contributed by atoms with Gasteiger partial charge in [0.25, 0.3) is 0 Å². The van der Waals surface area contributed by atoms with Crippen LogP contribution in [0, 0.1) is 5.92 Å². The highest BCUT2D eigenvalue weighted by Crippen LogP contribution is 2.26. The first-order valence-electron chi connectivity index (χ1n) is 6.91. The molecule has 0 aromatic carbocycles. The van der Waals surface area contributed by atoms with E-state index in [9.17, 15) is 13.2 Å². The topological polar surface area (TPSA) is 83.7 Å². The number of sulfonamides is 1. The molecule has 0 aliphatic carbocycles. The minimum absolute atomic E-state index is 0.0803. The summed E-state index contributed by atoms with van der Waals surface area (Å²) in [6.07, 6.45) is 2.30. The van der Waals surface area contributed by atoms with Crippen LogP contribution in [0.15, 0.2) is 0 Å². The van der Waals surface area contributed by atoms with Gasteiger partial charge in [-0.3, -0.25) is 4.79 Å². The summed E-state index contributed by atoms with van der Waals surface area (Å²) >= 11 is 0. The molecule has 1 amide bonds. The van der Waals surface area contributed by atoms with Crippen molar-refractivity contribution in [2.75, 3.05) is 31.9 Å². The molecule has 2 fully saturated rings. The first-order chi connectivity index (χ1) is 8.89. The second-order valence-corrected chi connectivity index (χ2v) is 7.27. The maximum Gasteiger partial charge on any atom is 0.223 e. The van der Waals surface area contributed by atoms with Gasteiger partial charge in [-0.15, -0.1) is 0 Å². The van der Waals surface area contributed by atoms with Crippen LogP contribution < -0.4 is 5.14 Å². The van der Waals surface area contributed by atoms with Crippen molar-refractivity contribution < 1.29 is 13.2 Å². The number of hydrogen-bond donors (Lipinski definition) is 1. The Kier molecular flexibility index (Phi) is 4.47. The van der Waals surface area contributed by atoms with Crippen LogP contribution in [0.5, 0.6) is 0 Å². The smallest absolute Gasteiger partial charge is 0.223 e. The number of nitrogens with two attached hydrogens (primary N) is 1. The zero-order valence-corrected chi connectivity index (χ0v) is 12.2. The summed E-state index contributed by atoms with van der Waals surface area (Å²) < 4.78 is 22.2. The van der Waals surface area contributed by atoms with E-state index in [0.717, 1.165) is 32.5 Å². The Balaban J connectivity index is 1.90. The van der Waals surface area contributed by atoms with Gasteiger partial charge in [0, 0.05) is 38.0 Å². The maximum absolute atomic E-state index is 12.0. The third-order valence-corrected chi connectivity index (χ3v) is 5.09.